The van der Waals surface area contributed by atoms with Gasteiger partial charge < -0.3 is 4.90 Å². The number of anilines is 2. The van der Waals surface area contributed by atoms with Crippen LogP contribution in [0.15, 0.2) is 42.5 Å². The summed E-state index contributed by atoms with van der Waals surface area (Å²) in [5, 5.41) is 11.8. The molecule has 1 aromatic heterocycles. The number of amides is 2. The monoisotopic (exact) mass is 410 g/mol. The van der Waals surface area contributed by atoms with E-state index in [1.165, 1.54) is 29.5 Å². The molecule has 3 aromatic rings. The number of hydrogen-bond acceptors (Lipinski definition) is 5. The number of aryl methyl sites for hydroxylation is 2. The maximum absolute atomic E-state index is 13.3. The molecule has 0 radical (unpaired) electrons. The van der Waals surface area contributed by atoms with Gasteiger partial charge in [0.1, 0.15) is 10.8 Å². The highest BCUT2D eigenvalue weighted by Crippen LogP contribution is 2.35. The molecule has 2 amide bonds. The summed E-state index contributed by atoms with van der Waals surface area (Å²) in [6, 6.07) is 11.5. The van der Waals surface area contributed by atoms with Crippen molar-refractivity contribution in [3.8, 4) is 0 Å². The molecule has 1 aliphatic rings. The van der Waals surface area contributed by atoms with E-state index < -0.39 is 11.7 Å². The van der Waals surface area contributed by atoms with E-state index in [4.69, 9.17) is 0 Å². The summed E-state index contributed by atoms with van der Waals surface area (Å²) in [5.41, 5.74) is 3.31. The van der Waals surface area contributed by atoms with Crippen molar-refractivity contribution in [3.63, 3.8) is 0 Å². The number of benzene rings is 2. The van der Waals surface area contributed by atoms with Crippen molar-refractivity contribution in [1.29, 1.82) is 0 Å². The van der Waals surface area contributed by atoms with Gasteiger partial charge in [0.05, 0.1) is 0 Å². The van der Waals surface area contributed by atoms with Crippen LogP contribution >= 0.6 is 11.3 Å². The van der Waals surface area contributed by atoms with Gasteiger partial charge in [0.25, 0.3) is 5.91 Å². The Morgan fingerprint density at radius 1 is 1.17 bits per heavy atom. The Hall–Kier alpha value is -3.13. The third-order valence-electron chi connectivity index (χ3n) is 4.74. The molecule has 2 heterocycles. The Balaban J connectivity index is 1.47. The van der Waals surface area contributed by atoms with E-state index in [-0.39, 0.29) is 17.4 Å². The normalized spacial score (nSPS) is 16.3. The molecule has 1 saturated heterocycles. The Morgan fingerprint density at radius 2 is 1.93 bits per heavy atom. The second-order valence-electron chi connectivity index (χ2n) is 7.16. The molecule has 2 aromatic carbocycles. The van der Waals surface area contributed by atoms with Crippen LogP contribution in [0.4, 0.5) is 15.2 Å². The van der Waals surface area contributed by atoms with Gasteiger partial charge in [0.2, 0.25) is 11.0 Å². The van der Waals surface area contributed by atoms with Crippen LogP contribution in [0.25, 0.3) is 0 Å². The van der Waals surface area contributed by atoms with Crippen LogP contribution < -0.4 is 10.2 Å². The molecule has 1 fully saturated rings. The van der Waals surface area contributed by atoms with E-state index in [0.717, 1.165) is 22.9 Å². The van der Waals surface area contributed by atoms with E-state index in [0.29, 0.717) is 23.1 Å². The van der Waals surface area contributed by atoms with Crippen LogP contribution in [-0.4, -0.2) is 28.6 Å². The van der Waals surface area contributed by atoms with Crippen molar-refractivity contribution in [3.05, 3.63) is 70.0 Å². The first-order valence-electron chi connectivity index (χ1n) is 9.18. The third kappa shape index (κ3) is 4.17. The van der Waals surface area contributed by atoms with Crippen LogP contribution in [0.3, 0.4) is 0 Å². The molecule has 1 aliphatic heterocycles. The lowest BCUT2D eigenvalue weighted by Crippen LogP contribution is -2.24. The van der Waals surface area contributed by atoms with Crippen LogP contribution in [0, 0.1) is 19.7 Å². The topological polar surface area (TPSA) is 75.2 Å². The highest BCUT2D eigenvalue weighted by atomic mass is 32.1. The fraction of sp³-hybridized carbons (Fsp3) is 0.238. The number of rotatable bonds is 4. The number of aromatic nitrogens is 2. The van der Waals surface area contributed by atoms with E-state index in [1.54, 1.807) is 4.90 Å². The van der Waals surface area contributed by atoms with Gasteiger partial charge in [0.15, 0.2) is 0 Å². The second-order valence-corrected chi connectivity index (χ2v) is 8.17. The van der Waals surface area contributed by atoms with Gasteiger partial charge in [0, 0.05) is 30.1 Å². The first kappa shape index (κ1) is 19.2. The number of carbonyl (C=O) groups is 2. The first-order valence-corrected chi connectivity index (χ1v) is 9.99. The third-order valence-corrected chi connectivity index (χ3v) is 5.74. The number of carbonyl (C=O) groups excluding carboxylic acids is 2. The van der Waals surface area contributed by atoms with E-state index in [9.17, 15) is 14.0 Å². The van der Waals surface area contributed by atoms with Gasteiger partial charge in [-0.05, 0) is 55.3 Å². The van der Waals surface area contributed by atoms with Gasteiger partial charge in [-0.2, -0.15) is 0 Å². The highest BCUT2D eigenvalue weighted by molar-refractivity contribution is 7.15. The Labute approximate surface area is 171 Å². The molecular formula is C21H19FN4O2S. The molecule has 0 aliphatic carbocycles. The van der Waals surface area contributed by atoms with Crippen molar-refractivity contribution in [2.45, 2.75) is 26.2 Å². The van der Waals surface area contributed by atoms with Gasteiger partial charge >= 0.3 is 0 Å². The molecule has 0 spiro atoms. The smallest absolute Gasteiger partial charge is 0.257 e. The molecular weight excluding hydrogens is 391 g/mol. The van der Waals surface area contributed by atoms with Crippen molar-refractivity contribution >= 4 is 34.0 Å². The fourth-order valence-electron chi connectivity index (χ4n) is 3.48. The summed E-state index contributed by atoms with van der Waals surface area (Å²) in [6.45, 7) is 4.54. The van der Waals surface area contributed by atoms with Gasteiger partial charge in [-0.3, -0.25) is 14.9 Å². The van der Waals surface area contributed by atoms with Gasteiger partial charge in [-0.1, -0.05) is 23.5 Å². The van der Waals surface area contributed by atoms with Crippen molar-refractivity contribution < 1.29 is 14.0 Å². The second kappa shape index (κ2) is 7.71. The zero-order valence-corrected chi connectivity index (χ0v) is 16.8. The Morgan fingerprint density at radius 3 is 2.66 bits per heavy atom. The number of nitrogens with zero attached hydrogens (tertiary/aromatic N) is 3. The average molecular weight is 410 g/mol. The molecule has 1 N–H and O–H groups in total. The molecule has 1 atom stereocenters. The lowest BCUT2D eigenvalue weighted by molar-refractivity contribution is -0.117. The molecule has 29 heavy (non-hydrogen) atoms. The molecule has 0 saturated carbocycles. The number of halogens is 1. The molecule has 6 nitrogen and oxygen atoms in total. The SMILES string of the molecule is Cc1cc(C)cc(N2CC(c3nnc(NC(=O)c4cccc(F)c4)s3)CC2=O)c1. The molecule has 1 unspecified atom stereocenters. The summed E-state index contributed by atoms with van der Waals surface area (Å²) in [5.74, 6) is -0.973. The average Bonchev–Trinajstić information content (AvgIpc) is 3.27. The molecule has 148 valence electrons. The summed E-state index contributed by atoms with van der Waals surface area (Å²) >= 11 is 1.24. The minimum absolute atomic E-state index is 0.0422. The highest BCUT2D eigenvalue weighted by Gasteiger charge is 2.34. The fourth-order valence-corrected chi connectivity index (χ4v) is 4.31. The van der Waals surface area contributed by atoms with Crippen molar-refractivity contribution in [1.82, 2.24) is 10.2 Å². The summed E-state index contributed by atoms with van der Waals surface area (Å²) in [7, 11) is 0. The Kier molecular flexibility index (Phi) is 5.10. The molecule has 8 heteroatoms. The lowest BCUT2D eigenvalue weighted by Gasteiger charge is -2.17. The predicted octanol–water partition coefficient (Wildman–Crippen LogP) is 4.07. The van der Waals surface area contributed by atoms with Gasteiger partial charge in [-0.15, -0.1) is 10.2 Å². The number of nitrogens with one attached hydrogen (secondary N) is 1. The maximum Gasteiger partial charge on any atom is 0.257 e. The zero-order valence-electron chi connectivity index (χ0n) is 16.0. The zero-order chi connectivity index (χ0) is 20.5. The van der Waals surface area contributed by atoms with Crippen LogP contribution in [0.5, 0.6) is 0 Å². The quantitative estimate of drug-likeness (QED) is 0.704. The largest absolute Gasteiger partial charge is 0.312 e. The maximum atomic E-state index is 13.3. The summed E-state index contributed by atoms with van der Waals surface area (Å²) in [6.07, 6.45) is 0.347. The van der Waals surface area contributed by atoms with Crippen molar-refractivity contribution in [2.24, 2.45) is 0 Å². The molecule has 4 rings (SSSR count). The van der Waals surface area contributed by atoms with Crippen LogP contribution in [-0.2, 0) is 4.79 Å². The van der Waals surface area contributed by atoms with Crippen LogP contribution in [0.1, 0.15) is 38.8 Å². The minimum Gasteiger partial charge on any atom is -0.312 e. The summed E-state index contributed by atoms with van der Waals surface area (Å²) < 4.78 is 13.3. The summed E-state index contributed by atoms with van der Waals surface area (Å²) in [4.78, 5) is 26.6. The van der Waals surface area contributed by atoms with E-state index in [2.05, 4.69) is 21.6 Å². The number of hydrogen-bond donors (Lipinski definition) is 1. The first-order chi connectivity index (χ1) is 13.9. The van der Waals surface area contributed by atoms with Crippen LogP contribution in [0.2, 0.25) is 0 Å². The lowest BCUT2D eigenvalue weighted by atomic mass is 10.1. The molecule has 0 bridgehead atoms. The van der Waals surface area contributed by atoms with E-state index in [1.807, 2.05) is 26.0 Å². The van der Waals surface area contributed by atoms with Crippen molar-refractivity contribution in [2.75, 3.05) is 16.8 Å². The minimum atomic E-state index is -0.480. The van der Waals surface area contributed by atoms with E-state index >= 15 is 0 Å². The standard InChI is InChI=1S/C21H19FN4O2S/c1-12-6-13(2)8-17(7-12)26-11-15(10-18(26)27)20-24-25-21(29-20)23-19(28)14-4-3-5-16(22)9-14/h3-9,15H,10-11H2,1-2H3,(H,23,25,28). The predicted molar refractivity (Wildman–Crippen MR) is 110 cm³/mol. The van der Waals surface area contributed by atoms with Gasteiger partial charge in [-0.25, -0.2) is 4.39 Å². The Bertz CT molecular complexity index is 1080.